The molecule has 30 heavy (non-hydrogen) atoms. The molecule has 0 fully saturated rings. The Morgan fingerprint density at radius 2 is 1.90 bits per heavy atom. The largest absolute Gasteiger partial charge is 0.352 e. The maximum atomic E-state index is 12.5. The molecule has 1 aliphatic carbocycles. The molecule has 1 aromatic heterocycles. The molecule has 0 radical (unpaired) electrons. The number of hydrogen-bond acceptors (Lipinski definition) is 2. The van der Waals surface area contributed by atoms with E-state index in [0.29, 0.717) is 6.04 Å². The average molecular weight is 410 g/mol. The molecule has 0 spiro atoms. The summed E-state index contributed by atoms with van der Waals surface area (Å²) in [5, 5.41) is 3.08. The summed E-state index contributed by atoms with van der Waals surface area (Å²) in [6, 6.07) is 11.0. The topological polar surface area (TPSA) is 37.3 Å². The number of fused-ring (bicyclic) bond motifs is 1. The van der Waals surface area contributed by atoms with Crippen LogP contribution < -0.4 is 5.32 Å². The number of carbonyl (C=O) groups is 1. The van der Waals surface area contributed by atoms with Crippen LogP contribution in [0.2, 0.25) is 0 Å². The fourth-order valence-electron chi connectivity index (χ4n) is 4.55. The molecule has 0 bridgehead atoms. The molecule has 0 saturated heterocycles. The first-order valence-corrected chi connectivity index (χ1v) is 11.8. The van der Waals surface area contributed by atoms with E-state index in [2.05, 4.69) is 60.8 Å². The minimum atomic E-state index is 0.0227. The van der Waals surface area contributed by atoms with Gasteiger partial charge < -0.3 is 14.8 Å². The van der Waals surface area contributed by atoms with Gasteiger partial charge >= 0.3 is 0 Å². The van der Waals surface area contributed by atoms with E-state index < -0.39 is 0 Å². The van der Waals surface area contributed by atoms with Crippen molar-refractivity contribution in [2.75, 3.05) is 20.1 Å². The lowest BCUT2D eigenvalue weighted by atomic mass is 9.98. The summed E-state index contributed by atoms with van der Waals surface area (Å²) in [5.41, 5.74) is 6.14. The summed E-state index contributed by atoms with van der Waals surface area (Å²) >= 11 is 0. The lowest BCUT2D eigenvalue weighted by Crippen LogP contribution is -2.33. The third kappa shape index (κ3) is 5.54. The fourth-order valence-corrected chi connectivity index (χ4v) is 4.55. The van der Waals surface area contributed by atoms with Crippen LogP contribution >= 0.6 is 0 Å². The molecule has 2 aromatic rings. The molecule has 1 N–H and O–H groups in total. The monoisotopic (exact) mass is 409 g/mol. The molecule has 3 rings (SSSR count). The number of nitrogens with one attached hydrogen (secondary N) is 1. The van der Waals surface area contributed by atoms with Crippen LogP contribution in [-0.4, -0.2) is 41.6 Å². The minimum absolute atomic E-state index is 0.0227. The van der Waals surface area contributed by atoms with Gasteiger partial charge in [-0.2, -0.15) is 0 Å². The number of hydrogen-bond donors (Lipinski definition) is 1. The lowest BCUT2D eigenvalue weighted by Gasteiger charge is -2.24. The van der Waals surface area contributed by atoms with E-state index in [1.165, 1.54) is 55.5 Å². The number of aromatic nitrogens is 1. The zero-order chi connectivity index (χ0) is 21.5. The predicted molar refractivity (Wildman–Crippen MR) is 126 cm³/mol. The van der Waals surface area contributed by atoms with Crippen molar-refractivity contribution in [2.45, 2.75) is 78.2 Å². The van der Waals surface area contributed by atoms with Gasteiger partial charge in [-0.1, -0.05) is 19.8 Å². The molecule has 4 nitrogen and oxygen atoms in total. The highest BCUT2D eigenvalue weighted by atomic mass is 16.1. The van der Waals surface area contributed by atoms with Gasteiger partial charge in [0.25, 0.3) is 5.91 Å². The van der Waals surface area contributed by atoms with E-state index in [4.69, 9.17) is 0 Å². The van der Waals surface area contributed by atoms with Crippen molar-refractivity contribution in [1.82, 2.24) is 14.8 Å². The summed E-state index contributed by atoms with van der Waals surface area (Å²) in [6.07, 6.45) is 9.66. The van der Waals surface area contributed by atoms with Crippen LogP contribution in [0.15, 0.2) is 30.3 Å². The van der Waals surface area contributed by atoms with E-state index in [9.17, 15) is 4.79 Å². The number of unbranched alkanes of at least 4 members (excludes halogenated alkanes) is 1. The summed E-state index contributed by atoms with van der Waals surface area (Å²) in [7, 11) is 2.18. The second-order valence-electron chi connectivity index (χ2n) is 8.93. The predicted octanol–water partition coefficient (Wildman–Crippen LogP) is 5.29. The molecule has 164 valence electrons. The third-order valence-corrected chi connectivity index (χ3v) is 6.57. The van der Waals surface area contributed by atoms with Gasteiger partial charge in [0.05, 0.1) is 0 Å². The van der Waals surface area contributed by atoms with E-state index in [1.54, 1.807) is 0 Å². The maximum absolute atomic E-state index is 12.5. The van der Waals surface area contributed by atoms with Crippen LogP contribution in [0, 0.1) is 6.92 Å². The van der Waals surface area contributed by atoms with Crippen LogP contribution in [0.3, 0.4) is 0 Å². The molecule has 1 aromatic carbocycles. The molecule has 1 unspecified atom stereocenters. The third-order valence-electron chi connectivity index (χ3n) is 6.57. The van der Waals surface area contributed by atoms with E-state index >= 15 is 0 Å². The number of amides is 1. The van der Waals surface area contributed by atoms with E-state index in [1.807, 2.05) is 12.1 Å². The van der Waals surface area contributed by atoms with Crippen LogP contribution in [-0.2, 0) is 12.8 Å². The second-order valence-corrected chi connectivity index (χ2v) is 8.93. The normalized spacial score (nSPS) is 14.6. The van der Waals surface area contributed by atoms with Crippen molar-refractivity contribution in [3.05, 3.63) is 52.8 Å². The van der Waals surface area contributed by atoms with Gasteiger partial charge in [-0.3, -0.25) is 4.79 Å². The summed E-state index contributed by atoms with van der Waals surface area (Å²) in [4.78, 5) is 14.9. The molecule has 0 saturated carbocycles. The first-order chi connectivity index (χ1) is 14.5. The summed E-state index contributed by atoms with van der Waals surface area (Å²) < 4.78 is 2.37. The number of rotatable bonds is 10. The highest BCUT2D eigenvalue weighted by Crippen LogP contribution is 2.28. The van der Waals surface area contributed by atoms with E-state index in [-0.39, 0.29) is 5.91 Å². The quantitative estimate of drug-likeness (QED) is 0.541. The molecule has 1 aliphatic rings. The minimum Gasteiger partial charge on any atom is -0.352 e. The highest BCUT2D eigenvalue weighted by Gasteiger charge is 2.17. The Bertz CT molecular complexity index is 822. The number of nitrogens with zero attached hydrogens (tertiary/aromatic N) is 2. The maximum Gasteiger partial charge on any atom is 0.251 e. The lowest BCUT2D eigenvalue weighted by molar-refractivity contribution is 0.0951. The standard InChI is InChI=1S/C26H39N3O/c1-5-6-10-20(2)28(4)18-9-17-27-26(30)22-13-15-24(16-14-22)29-21(3)19-23-11-7-8-12-25(23)29/h13-16,19-20H,5-12,17-18H2,1-4H3,(H,27,30). The van der Waals surface area contributed by atoms with Crippen molar-refractivity contribution in [2.24, 2.45) is 0 Å². The Labute approximate surface area is 182 Å². The average Bonchev–Trinajstić information content (AvgIpc) is 3.10. The van der Waals surface area contributed by atoms with Gasteiger partial charge in [0, 0.05) is 35.2 Å². The van der Waals surface area contributed by atoms with Crippen molar-refractivity contribution >= 4 is 5.91 Å². The van der Waals surface area contributed by atoms with Gasteiger partial charge in [0.15, 0.2) is 0 Å². The smallest absolute Gasteiger partial charge is 0.251 e. The van der Waals surface area contributed by atoms with Gasteiger partial charge in [-0.25, -0.2) is 0 Å². The van der Waals surface area contributed by atoms with Gasteiger partial charge in [-0.05, 0) is 102 Å². The first kappa shape index (κ1) is 22.6. The molecule has 0 aliphatic heterocycles. The van der Waals surface area contributed by atoms with Crippen molar-refractivity contribution in [1.29, 1.82) is 0 Å². The Kier molecular flexibility index (Phi) is 8.15. The van der Waals surface area contributed by atoms with Crippen molar-refractivity contribution < 1.29 is 4.79 Å². The van der Waals surface area contributed by atoms with Crippen LogP contribution in [0.25, 0.3) is 5.69 Å². The Hall–Kier alpha value is -2.07. The number of aryl methyl sites for hydroxylation is 2. The fraction of sp³-hybridized carbons (Fsp3) is 0.577. The molecule has 1 atom stereocenters. The molecule has 1 amide bonds. The van der Waals surface area contributed by atoms with Crippen molar-refractivity contribution in [3.8, 4) is 5.69 Å². The van der Waals surface area contributed by atoms with Crippen LogP contribution in [0.1, 0.15) is 79.7 Å². The molecule has 1 heterocycles. The number of carbonyl (C=O) groups excluding carboxylic acids is 1. The van der Waals surface area contributed by atoms with Crippen LogP contribution in [0.4, 0.5) is 0 Å². The second kappa shape index (κ2) is 10.8. The van der Waals surface area contributed by atoms with Gasteiger partial charge in [0.2, 0.25) is 0 Å². The first-order valence-electron chi connectivity index (χ1n) is 11.8. The number of benzene rings is 1. The van der Waals surface area contributed by atoms with Gasteiger partial charge in [-0.15, -0.1) is 0 Å². The molecular formula is C26H39N3O. The van der Waals surface area contributed by atoms with E-state index in [0.717, 1.165) is 37.2 Å². The van der Waals surface area contributed by atoms with Crippen molar-refractivity contribution in [3.63, 3.8) is 0 Å². The Morgan fingerprint density at radius 3 is 2.63 bits per heavy atom. The molecular weight excluding hydrogens is 370 g/mol. The highest BCUT2D eigenvalue weighted by molar-refractivity contribution is 5.94. The zero-order valence-corrected chi connectivity index (χ0v) is 19.3. The zero-order valence-electron chi connectivity index (χ0n) is 19.3. The summed E-state index contributed by atoms with van der Waals surface area (Å²) in [6.45, 7) is 8.44. The van der Waals surface area contributed by atoms with Crippen LogP contribution in [0.5, 0.6) is 0 Å². The SMILES string of the molecule is CCCCC(C)N(C)CCCNC(=O)c1ccc(-n2c(C)cc3c2CCCC3)cc1. The Morgan fingerprint density at radius 1 is 1.17 bits per heavy atom. The summed E-state index contributed by atoms with van der Waals surface area (Å²) in [5.74, 6) is 0.0227. The van der Waals surface area contributed by atoms with Gasteiger partial charge in [0.1, 0.15) is 0 Å². The Balaban J connectivity index is 1.51. The molecule has 4 heteroatoms.